The molecule has 2 aromatic rings. The van der Waals surface area contributed by atoms with E-state index in [1.54, 1.807) is 0 Å². The van der Waals surface area contributed by atoms with Gasteiger partial charge >= 0.3 is 0 Å². The Labute approximate surface area is 117 Å². The van der Waals surface area contributed by atoms with Gasteiger partial charge in [0.05, 0.1) is 6.10 Å². The molecule has 1 unspecified atom stereocenters. The molecule has 1 atom stereocenters. The molecule has 19 heavy (non-hydrogen) atoms. The molecule has 0 bridgehead atoms. The van der Waals surface area contributed by atoms with E-state index in [0.29, 0.717) is 17.0 Å². The van der Waals surface area contributed by atoms with E-state index < -0.39 is 6.10 Å². The molecule has 0 radical (unpaired) electrons. The van der Waals surface area contributed by atoms with Gasteiger partial charge in [0, 0.05) is 11.4 Å². The zero-order valence-electron chi connectivity index (χ0n) is 11.0. The minimum absolute atomic E-state index is 0.306. The van der Waals surface area contributed by atoms with Crippen LogP contribution in [-0.4, -0.2) is 5.11 Å². The molecule has 0 aromatic heterocycles. The zero-order chi connectivity index (χ0) is 14.0. The van der Waals surface area contributed by atoms with Crippen LogP contribution in [0, 0.1) is 19.7 Å². The summed E-state index contributed by atoms with van der Waals surface area (Å²) in [5.74, 6) is -0.341. The van der Waals surface area contributed by atoms with Crippen LogP contribution in [0.15, 0.2) is 36.4 Å². The van der Waals surface area contributed by atoms with Crippen molar-refractivity contribution in [1.82, 2.24) is 0 Å². The molecule has 0 aliphatic carbocycles. The number of aryl methyl sites for hydroxylation is 2. The molecule has 0 saturated heterocycles. The van der Waals surface area contributed by atoms with Gasteiger partial charge in [-0.3, -0.25) is 0 Å². The Balaban J connectivity index is 2.25. The Hall–Kier alpha value is -1.38. The Bertz CT molecular complexity index is 595. The molecule has 0 spiro atoms. The average molecular weight is 279 g/mol. The maximum atomic E-state index is 13.2. The molecule has 100 valence electrons. The quantitative estimate of drug-likeness (QED) is 0.884. The Morgan fingerprint density at radius 3 is 2.58 bits per heavy atom. The summed E-state index contributed by atoms with van der Waals surface area (Å²) in [7, 11) is 0. The molecule has 0 heterocycles. The number of aliphatic hydroxyl groups excluding tert-OH is 1. The van der Waals surface area contributed by atoms with Crippen molar-refractivity contribution < 1.29 is 9.50 Å². The standard InChI is InChI=1S/C16H16ClFO/c1-10-3-5-14(11(2)7-10)16(19)9-12-8-13(18)4-6-15(12)17/h3-8,16,19H,9H2,1-2H3. The predicted octanol–water partition coefficient (Wildman–Crippen LogP) is 4.37. The van der Waals surface area contributed by atoms with Crippen LogP contribution in [0.5, 0.6) is 0 Å². The number of hydrogen-bond acceptors (Lipinski definition) is 1. The monoisotopic (exact) mass is 278 g/mol. The minimum atomic E-state index is -0.681. The van der Waals surface area contributed by atoms with Crippen molar-refractivity contribution in [2.24, 2.45) is 0 Å². The third-order valence-electron chi connectivity index (χ3n) is 3.21. The van der Waals surface area contributed by atoms with Gasteiger partial charge in [-0.15, -0.1) is 0 Å². The Kier molecular flexibility index (Phi) is 4.23. The SMILES string of the molecule is Cc1ccc(C(O)Cc2cc(F)ccc2Cl)c(C)c1. The van der Waals surface area contributed by atoms with E-state index in [2.05, 4.69) is 0 Å². The lowest BCUT2D eigenvalue weighted by Gasteiger charge is -2.15. The molecule has 0 aliphatic rings. The van der Waals surface area contributed by atoms with E-state index in [9.17, 15) is 9.50 Å². The molecule has 0 aliphatic heterocycles. The van der Waals surface area contributed by atoms with E-state index in [0.717, 1.165) is 16.7 Å². The van der Waals surface area contributed by atoms with Crippen LogP contribution in [0.25, 0.3) is 0 Å². The van der Waals surface area contributed by atoms with Crippen LogP contribution in [-0.2, 0) is 6.42 Å². The van der Waals surface area contributed by atoms with Crippen molar-refractivity contribution >= 4 is 11.6 Å². The maximum absolute atomic E-state index is 13.2. The molecule has 1 N–H and O–H groups in total. The third-order valence-corrected chi connectivity index (χ3v) is 3.57. The van der Waals surface area contributed by atoms with Crippen molar-refractivity contribution in [3.05, 3.63) is 69.5 Å². The first kappa shape index (κ1) is 14.0. The molecule has 0 saturated carbocycles. The van der Waals surface area contributed by atoms with Crippen LogP contribution >= 0.6 is 11.6 Å². The molecule has 3 heteroatoms. The van der Waals surface area contributed by atoms with Crippen LogP contribution < -0.4 is 0 Å². The van der Waals surface area contributed by atoms with Crippen molar-refractivity contribution in [3.63, 3.8) is 0 Å². The van der Waals surface area contributed by atoms with Crippen molar-refractivity contribution in [2.45, 2.75) is 26.4 Å². The molecular weight excluding hydrogens is 263 g/mol. The lowest BCUT2D eigenvalue weighted by molar-refractivity contribution is 0.177. The third kappa shape index (κ3) is 3.34. The number of halogens is 2. The largest absolute Gasteiger partial charge is 0.388 e. The number of hydrogen-bond donors (Lipinski definition) is 1. The van der Waals surface area contributed by atoms with Crippen molar-refractivity contribution in [2.75, 3.05) is 0 Å². The lowest BCUT2D eigenvalue weighted by Crippen LogP contribution is -2.05. The second-order valence-corrected chi connectivity index (χ2v) is 5.22. The van der Waals surface area contributed by atoms with Gasteiger partial charge in [-0.05, 0) is 48.7 Å². The second-order valence-electron chi connectivity index (χ2n) is 4.82. The number of benzene rings is 2. The van der Waals surface area contributed by atoms with E-state index in [1.165, 1.54) is 18.2 Å². The zero-order valence-corrected chi connectivity index (χ0v) is 11.7. The van der Waals surface area contributed by atoms with Gasteiger partial charge in [-0.2, -0.15) is 0 Å². The highest BCUT2D eigenvalue weighted by molar-refractivity contribution is 6.31. The van der Waals surface area contributed by atoms with E-state index >= 15 is 0 Å². The summed E-state index contributed by atoms with van der Waals surface area (Å²) in [6, 6.07) is 10.1. The first-order valence-corrected chi connectivity index (χ1v) is 6.54. The fraction of sp³-hybridized carbons (Fsp3) is 0.250. The van der Waals surface area contributed by atoms with E-state index in [1.807, 2.05) is 32.0 Å². The van der Waals surface area contributed by atoms with Gasteiger partial charge in [0.2, 0.25) is 0 Å². The topological polar surface area (TPSA) is 20.2 Å². The van der Waals surface area contributed by atoms with Gasteiger partial charge < -0.3 is 5.11 Å². The molecular formula is C16H16ClFO. The first-order valence-electron chi connectivity index (χ1n) is 6.16. The first-order chi connectivity index (χ1) is 8.97. The van der Waals surface area contributed by atoms with Gasteiger partial charge in [-0.25, -0.2) is 4.39 Å². The van der Waals surface area contributed by atoms with Crippen molar-refractivity contribution in [3.8, 4) is 0 Å². The van der Waals surface area contributed by atoms with E-state index in [-0.39, 0.29) is 5.82 Å². The summed E-state index contributed by atoms with van der Waals surface area (Å²) in [6.07, 6.45) is -0.375. The lowest BCUT2D eigenvalue weighted by atomic mass is 9.96. The summed E-state index contributed by atoms with van der Waals surface area (Å²) in [6.45, 7) is 3.96. The number of aliphatic hydroxyl groups is 1. The van der Waals surface area contributed by atoms with Crippen LogP contribution in [0.3, 0.4) is 0 Å². The van der Waals surface area contributed by atoms with Gasteiger partial charge in [0.25, 0.3) is 0 Å². The molecule has 2 rings (SSSR count). The summed E-state index contributed by atoms with van der Waals surface area (Å²) in [5.41, 5.74) is 3.65. The smallest absolute Gasteiger partial charge is 0.123 e. The fourth-order valence-electron chi connectivity index (χ4n) is 2.22. The molecule has 1 nitrogen and oxygen atoms in total. The normalized spacial score (nSPS) is 12.5. The fourth-order valence-corrected chi connectivity index (χ4v) is 2.41. The summed E-state index contributed by atoms with van der Waals surface area (Å²) in [5, 5.41) is 10.8. The summed E-state index contributed by atoms with van der Waals surface area (Å²) in [4.78, 5) is 0. The Morgan fingerprint density at radius 2 is 1.89 bits per heavy atom. The van der Waals surface area contributed by atoms with Crippen molar-refractivity contribution in [1.29, 1.82) is 0 Å². The van der Waals surface area contributed by atoms with Crippen LogP contribution in [0.2, 0.25) is 5.02 Å². The van der Waals surface area contributed by atoms with Crippen LogP contribution in [0.4, 0.5) is 4.39 Å². The van der Waals surface area contributed by atoms with E-state index in [4.69, 9.17) is 11.6 Å². The average Bonchev–Trinajstić information content (AvgIpc) is 2.33. The maximum Gasteiger partial charge on any atom is 0.123 e. The van der Waals surface area contributed by atoms with Crippen LogP contribution in [0.1, 0.15) is 28.4 Å². The Morgan fingerprint density at radius 1 is 1.16 bits per heavy atom. The minimum Gasteiger partial charge on any atom is -0.388 e. The highest BCUT2D eigenvalue weighted by Gasteiger charge is 2.13. The molecule has 2 aromatic carbocycles. The summed E-state index contributed by atoms with van der Waals surface area (Å²) >= 11 is 6.01. The highest BCUT2D eigenvalue weighted by Crippen LogP contribution is 2.26. The predicted molar refractivity (Wildman–Crippen MR) is 76.0 cm³/mol. The molecule has 0 amide bonds. The number of rotatable bonds is 3. The highest BCUT2D eigenvalue weighted by atomic mass is 35.5. The van der Waals surface area contributed by atoms with Gasteiger partial charge in [-0.1, -0.05) is 35.4 Å². The summed E-state index contributed by atoms with van der Waals surface area (Å²) < 4.78 is 13.2. The van der Waals surface area contributed by atoms with Gasteiger partial charge in [0.1, 0.15) is 5.82 Å². The molecule has 0 fully saturated rings. The second kappa shape index (κ2) is 5.72. The van der Waals surface area contributed by atoms with Gasteiger partial charge in [0.15, 0.2) is 0 Å².